The van der Waals surface area contributed by atoms with E-state index in [1.165, 1.54) is 11.8 Å². The number of nitrogens with zero attached hydrogens (tertiary/aromatic N) is 2. The average molecular weight is 371 g/mol. The molecule has 1 saturated heterocycles. The molecule has 2 unspecified atom stereocenters. The molecule has 1 fully saturated rings. The van der Waals surface area contributed by atoms with Crippen LogP contribution in [-0.4, -0.2) is 40.0 Å². The Morgan fingerprint density at radius 3 is 3.00 bits per heavy atom. The number of amides is 2. The smallest absolute Gasteiger partial charge is 0.257 e. The van der Waals surface area contributed by atoms with Crippen LogP contribution in [0.25, 0.3) is 11.0 Å². The van der Waals surface area contributed by atoms with Crippen LogP contribution >= 0.6 is 11.8 Å². The number of aromatic nitrogens is 2. The fourth-order valence-electron chi connectivity index (χ4n) is 3.52. The van der Waals surface area contributed by atoms with Crippen molar-refractivity contribution in [1.82, 2.24) is 25.5 Å². The molecule has 8 heteroatoms. The number of imidazole rings is 1. The Bertz CT molecular complexity index is 919. The molecule has 2 aliphatic rings. The second-order valence-electron chi connectivity index (χ2n) is 6.53. The Labute approximate surface area is 155 Å². The van der Waals surface area contributed by atoms with Crippen LogP contribution < -0.4 is 16.0 Å². The van der Waals surface area contributed by atoms with Gasteiger partial charge in [-0.15, -0.1) is 11.8 Å². The van der Waals surface area contributed by atoms with Gasteiger partial charge in [-0.3, -0.25) is 14.9 Å². The van der Waals surface area contributed by atoms with Crippen molar-refractivity contribution in [3.8, 4) is 0 Å². The Morgan fingerprint density at radius 1 is 1.42 bits per heavy atom. The number of fused-ring (bicyclic) bond motifs is 2. The molecule has 0 aliphatic carbocycles. The third-order valence-electron chi connectivity index (χ3n) is 4.94. The molecule has 0 saturated carbocycles. The molecule has 7 nitrogen and oxygen atoms in total. The van der Waals surface area contributed by atoms with E-state index in [-0.39, 0.29) is 23.1 Å². The second-order valence-corrected chi connectivity index (χ2v) is 7.68. The molecule has 4 rings (SSSR count). The highest BCUT2D eigenvalue weighted by Gasteiger charge is 2.42. The molecule has 2 aliphatic heterocycles. The van der Waals surface area contributed by atoms with E-state index in [0.29, 0.717) is 24.5 Å². The van der Waals surface area contributed by atoms with Crippen LogP contribution in [0.2, 0.25) is 0 Å². The van der Waals surface area contributed by atoms with Gasteiger partial charge in [0.25, 0.3) is 5.91 Å². The summed E-state index contributed by atoms with van der Waals surface area (Å²) in [5.41, 5.74) is 2.88. The Balaban J connectivity index is 1.41. The fraction of sp³-hybridized carbons (Fsp3) is 0.389. The van der Waals surface area contributed by atoms with Crippen molar-refractivity contribution >= 4 is 34.6 Å². The summed E-state index contributed by atoms with van der Waals surface area (Å²) in [5.74, 6) is 0.539. The summed E-state index contributed by atoms with van der Waals surface area (Å²) in [5, 5.41) is 8.93. The first-order valence-electron chi connectivity index (χ1n) is 8.63. The molecule has 0 radical (unpaired) electrons. The summed E-state index contributed by atoms with van der Waals surface area (Å²) in [6.07, 6.45) is 0.652. The van der Waals surface area contributed by atoms with E-state index in [1.807, 2.05) is 38.2 Å². The number of hydrogen-bond acceptors (Lipinski definition) is 5. The largest absolute Gasteiger partial charge is 0.351 e. The number of carbonyl (C=O) groups excluding carboxylic acids is 2. The lowest BCUT2D eigenvalue weighted by molar-refractivity contribution is -0.125. The average Bonchev–Trinajstić information content (AvgIpc) is 3.14. The van der Waals surface area contributed by atoms with Gasteiger partial charge in [0.2, 0.25) is 5.91 Å². The number of benzene rings is 1. The van der Waals surface area contributed by atoms with E-state index in [9.17, 15) is 9.59 Å². The highest BCUT2D eigenvalue weighted by Crippen LogP contribution is 2.41. The molecule has 0 spiro atoms. The molecular formula is C18H21N5O2S. The van der Waals surface area contributed by atoms with Gasteiger partial charge in [-0.1, -0.05) is 12.1 Å². The fourth-order valence-corrected chi connectivity index (χ4v) is 4.89. The number of nitrogens with one attached hydrogen (secondary N) is 3. The van der Waals surface area contributed by atoms with E-state index >= 15 is 0 Å². The lowest BCUT2D eigenvalue weighted by Crippen LogP contribution is -2.52. The predicted molar refractivity (Wildman–Crippen MR) is 101 cm³/mol. The minimum absolute atomic E-state index is 0.0127. The highest BCUT2D eigenvalue weighted by molar-refractivity contribution is 8.04. The summed E-state index contributed by atoms with van der Waals surface area (Å²) >= 11 is 1.44. The summed E-state index contributed by atoms with van der Waals surface area (Å²) in [4.78, 5) is 29.9. The van der Waals surface area contributed by atoms with Crippen molar-refractivity contribution < 1.29 is 9.59 Å². The molecular weight excluding hydrogens is 350 g/mol. The molecule has 3 heterocycles. The number of rotatable bonds is 4. The zero-order chi connectivity index (χ0) is 18.3. The maximum Gasteiger partial charge on any atom is 0.257 e. The van der Waals surface area contributed by atoms with Gasteiger partial charge in [-0.25, -0.2) is 4.98 Å². The Hall–Kier alpha value is -2.32. The minimum atomic E-state index is -0.269. The van der Waals surface area contributed by atoms with E-state index in [1.54, 1.807) is 0 Å². The van der Waals surface area contributed by atoms with Crippen LogP contribution in [0.5, 0.6) is 0 Å². The van der Waals surface area contributed by atoms with Crippen molar-refractivity contribution in [2.24, 2.45) is 13.0 Å². The Morgan fingerprint density at radius 2 is 2.23 bits per heavy atom. The van der Waals surface area contributed by atoms with Gasteiger partial charge in [0.05, 0.1) is 33.9 Å². The van der Waals surface area contributed by atoms with Gasteiger partial charge < -0.3 is 15.2 Å². The number of carbonyl (C=O) groups is 2. The van der Waals surface area contributed by atoms with Crippen LogP contribution in [-0.2, 0) is 23.1 Å². The first kappa shape index (κ1) is 17.1. The number of aryl methyl sites for hydroxylation is 1. The van der Waals surface area contributed by atoms with E-state index < -0.39 is 0 Å². The molecule has 3 N–H and O–H groups in total. The molecule has 1 aromatic heterocycles. The first-order chi connectivity index (χ1) is 12.6. The zero-order valence-corrected chi connectivity index (χ0v) is 15.5. The lowest BCUT2D eigenvalue weighted by Gasteiger charge is -2.26. The monoisotopic (exact) mass is 371 g/mol. The van der Waals surface area contributed by atoms with Crippen LogP contribution in [0.15, 0.2) is 34.7 Å². The maximum absolute atomic E-state index is 12.6. The topological polar surface area (TPSA) is 88.1 Å². The summed E-state index contributed by atoms with van der Waals surface area (Å²) in [7, 11) is 1.99. The van der Waals surface area contributed by atoms with Gasteiger partial charge in [0, 0.05) is 20.0 Å². The van der Waals surface area contributed by atoms with Gasteiger partial charge in [0.1, 0.15) is 5.82 Å². The van der Waals surface area contributed by atoms with Crippen molar-refractivity contribution in [3.63, 3.8) is 0 Å². The van der Waals surface area contributed by atoms with Crippen LogP contribution in [0.1, 0.15) is 12.7 Å². The van der Waals surface area contributed by atoms with Gasteiger partial charge in [-0.05, 0) is 24.6 Å². The molecule has 1 aromatic carbocycles. The van der Waals surface area contributed by atoms with Crippen molar-refractivity contribution in [3.05, 3.63) is 40.6 Å². The van der Waals surface area contributed by atoms with E-state index in [0.717, 1.165) is 22.4 Å². The van der Waals surface area contributed by atoms with Crippen molar-refractivity contribution in [2.75, 3.05) is 13.2 Å². The van der Waals surface area contributed by atoms with Gasteiger partial charge >= 0.3 is 0 Å². The van der Waals surface area contributed by atoms with Gasteiger partial charge in [0.15, 0.2) is 0 Å². The molecule has 2 amide bonds. The summed E-state index contributed by atoms with van der Waals surface area (Å²) in [6.45, 7) is 2.81. The van der Waals surface area contributed by atoms with Crippen LogP contribution in [0.4, 0.5) is 0 Å². The summed E-state index contributed by atoms with van der Waals surface area (Å²) in [6, 6.07) is 7.98. The molecule has 2 atom stereocenters. The molecule has 26 heavy (non-hydrogen) atoms. The predicted octanol–water partition coefficient (Wildman–Crippen LogP) is 0.872. The summed E-state index contributed by atoms with van der Waals surface area (Å²) < 4.78 is 2.05. The zero-order valence-electron chi connectivity index (χ0n) is 14.7. The Kier molecular flexibility index (Phi) is 4.46. The number of hydrogen-bond donors (Lipinski definition) is 3. The maximum atomic E-state index is 12.6. The van der Waals surface area contributed by atoms with Crippen molar-refractivity contribution in [2.45, 2.75) is 18.7 Å². The number of para-hydroxylation sites is 2. The van der Waals surface area contributed by atoms with Gasteiger partial charge in [-0.2, -0.15) is 0 Å². The molecule has 2 aromatic rings. The highest BCUT2D eigenvalue weighted by atomic mass is 32.2. The third-order valence-corrected chi connectivity index (χ3v) is 6.38. The lowest BCUT2D eigenvalue weighted by atomic mass is 9.98. The first-order valence-corrected chi connectivity index (χ1v) is 9.51. The third kappa shape index (κ3) is 2.89. The number of thioether (sulfide) groups is 1. The van der Waals surface area contributed by atoms with Crippen LogP contribution in [0, 0.1) is 5.92 Å². The van der Waals surface area contributed by atoms with E-state index in [4.69, 9.17) is 0 Å². The second kappa shape index (κ2) is 6.77. The molecule has 136 valence electrons. The van der Waals surface area contributed by atoms with Crippen LogP contribution in [0.3, 0.4) is 0 Å². The van der Waals surface area contributed by atoms with E-state index in [2.05, 4.69) is 25.5 Å². The standard InChI is InChI=1S/C18H21N5O2S/c1-10-14-16(24)20-9-21-18(14)26-15(10)17(25)19-8-7-13-22-11-5-3-4-6-12(11)23(13)2/h3-6,14,18,21H,7-9H2,1-2H3,(H,19,25)(H,20,24). The molecule has 0 bridgehead atoms. The normalized spacial score (nSPS) is 22.5. The minimum Gasteiger partial charge on any atom is -0.351 e. The SMILES string of the molecule is CC1=C(C(=O)NCCc2nc3ccccc3n2C)SC2NCNC(=O)C12. The quantitative estimate of drug-likeness (QED) is 0.742. The van der Waals surface area contributed by atoms with Crippen molar-refractivity contribution in [1.29, 1.82) is 0 Å².